The number of ether oxygens (including phenoxy) is 2. The van der Waals surface area contributed by atoms with Gasteiger partial charge < -0.3 is 29.5 Å². The fourth-order valence-corrected chi connectivity index (χ4v) is 3.50. The molecule has 2 aromatic rings. The Kier molecular flexibility index (Phi) is 7.43. The van der Waals surface area contributed by atoms with E-state index in [0.29, 0.717) is 18.5 Å². The van der Waals surface area contributed by atoms with Crippen LogP contribution >= 0.6 is 0 Å². The first-order valence-corrected chi connectivity index (χ1v) is 10.4. The monoisotopic (exact) mass is 415 g/mol. The second-order valence-corrected chi connectivity index (χ2v) is 7.78. The molecule has 2 N–H and O–H groups in total. The SMILES string of the molecule is CN=C(NCc1cc(C(C)C)no1)NC1CCN(c2cc(OC)cc(OC)c2)CC1. The van der Waals surface area contributed by atoms with E-state index in [9.17, 15) is 0 Å². The quantitative estimate of drug-likeness (QED) is 0.531. The molecule has 1 fully saturated rings. The molecule has 2 heterocycles. The molecule has 164 valence electrons. The zero-order valence-electron chi connectivity index (χ0n) is 18.6. The van der Waals surface area contributed by atoms with Crippen LogP contribution in [0.2, 0.25) is 0 Å². The van der Waals surface area contributed by atoms with E-state index in [1.165, 1.54) is 0 Å². The van der Waals surface area contributed by atoms with Gasteiger partial charge in [0.1, 0.15) is 11.5 Å². The summed E-state index contributed by atoms with van der Waals surface area (Å²) in [5.41, 5.74) is 2.09. The van der Waals surface area contributed by atoms with Crippen LogP contribution < -0.4 is 25.0 Å². The summed E-state index contributed by atoms with van der Waals surface area (Å²) in [6.07, 6.45) is 2.03. The molecule has 8 heteroatoms. The Bertz CT molecular complexity index is 819. The highest BCUT2D eigenvalue weighted by Crippen LogP contribution is 2.30. The third-order valence-electron chi connectivity index (χ3n) is 5.36. The molecule has 0 saturated carbocycles. The molecule has 1 saturated heterocycles. The van der Waals surface area contributed by atoms with Gasteiger partial charge in [-0.05, 0) is 18.8 Å². The molecular weight excluding hydrogens is 382 g/mol. The van der Waals surface area contributed by atoms with Crippen molar-refractivity contribution >= 4 is 11.6 Å². The van der Waals surface area contributed by atoms with Crippen molar-refractivity contribution in [2.24, 2.45) is 4.99 Å². The fraction of sp³-hybridized carbons (Fsp3) is 0.545. The molecule has 0 radical (unpaired) electrons. The number of rotatable bonds is 7. The number of aromatic nitrogens is 1. The summed E-state index contributed by atoms with van der Waals surface area (Å²) >= 11 is 0. The summed E-state index contributed by atoms with van der Waals surface area (Å²) in [4.78, 5) is 6.71. The maximum atomic E-state index is 5.40. The lowest BCUT2D eigenvalue weighted by Gasteiger charge is -2.34. The van der Waals surface area contributed by atoms with Gasteiger partial charge in [-0.2, -0.15) is 0 Å². The lowest BCUT2D eigenvalue weighted by atomic mass is 10.0. The van der Waals surface area contributed by atoms with Gasteiger partial charge in [-0.1, -0.05) is 19.0 Å². The molecule has 1 aliphatic heterocycles. The molecule has 1 aromatic heterocycles. The molecule has 8 nitrogen and oxygen atoms in total. The van der Waals surface area contributed by atoms with E-state index in [-0.39, 0.29) is 0 Å². The predicted octanol–water partition coefficient (Wildman–Crippen LogP) is 3.15. The molecule has 0 amide bonds. The Morgan fingerprint density at radius 2 is 1.83 bits per heavy atom. The van der Waals surface area contributed by atoms with E-state index < -0.39 is 0 Å². The molecule has 0 aliphatic carbocycles. The Balaban J connectivity index is 1.50. The fourth-order valence-electron chi connectivity index (χ4n) is 3.50. The lowest BCUT2D eigenvalue weighted by Crippen LogP contribution is -2.48. The van der Waals surface area contributed by atoms with Crippen molar-refractivity contribution in [3.8, 4) is 11.5 Å². The molecule has 30 heavy (non-hydrogen) atoms. The normalized spacial score (nSPS) is 15.4. The summed E-state index contributed by atoms with van der Waals surface area (Å²) in [5, 5.41) is 10.9. The number of nitrogens with one attached hydrogen (secondary N) is 2. The van der Waals surface area contributed by atoms with Gasteiger partial charge in [-0.3, -0.25) is 4.99 Å². The minimum Gasteiger partial charge on any atom is -0.497 e. The molecule has 3 rings (SSSR count). The van der Waals surface area contributed by atoms with Crippen molar-refractivity contribution in [2.75, 3.05) is 39.3 Å². The summed E-state index contributed by atoms with van der Waals surface area (Å²) in [5.74, 6) is 3.56. The molecule has 1 aromatic carbocycles. The van der Waals surface area contributed by atoms with Crippen LogP contribution in [0.15, 0.2) is 33.8 Å². The third-order valence-corrected chi connectivity index (χ3v) is 5.36. The molecular formula is C22H33N5O3. The van der Waals surface area contributed by atoms with Crippen molar-refractivity contribution in [1.82, 2.24) is 15.8 Å². The van der Waals surface area contributed by atoms with Crippen LogP contribution in [0.5, 0.6) is 11.5 Å². The van der Waals surface area contributed by atoms with Crippen LogP contribution in [0.1, 0.15) is 44.1 Å². The summed E-state index contributed by atoms with van der Waals surface area (Å²) in [7, 11) is 5.14. The number of nitrogens with zero attached hydrogens (tertiary/aromatic N) is 3. The number of piperidine rings is 1. The molecule has 0 bridgehead atoms. The van der Waals surface area contributed by atoms with Crippen LogP contribution in [0.3, 0.4) is 0 Å². The minimum absolute atomic E-state index is 0.356. The van der Waals surface area contributed by atoms with Crippen LogP contribution in [0.25, 0.3) is 0 Å². The van der Waals surface area contributed by atoms with Gasteiger partial charge in [0.15, 0.2) is 11.7 Å². The molecule has 0 unspecified atom stereocenters. The molecule has 1 aliphatic rings. The summed E-state index contributed by atoms with van der Waals surface area (Å²) < 4.78 is 16.2. The average Bonchev–Trinajstić information content (AvgIpc) is 3.26. The van der Waals surface area contributed by atoms with E-state index in [2.05, 4.69) is 51.7 Å². The van der Waals surface area contributed by atoms with E-state index in [1.54, 1.807) is 21.3 Å². The zero-order valence-corrected chi connectivity index (χ0v) is 18.6. The van der Waals surface area contributed by atoms with Crippen LogP contribution in [0.4, 0.5) is 5.69 Å². The second kappa shape index (κ2) is 10.2. The van der Waals surface area contributed by atoms with Crippen molar-refractivity contribution in [3.05, 3.63) is 35.7 Å². The standard InChI is InChI=1S/C22H33N5O3/c1-15(2)21-13-20(30-26-21)14-24-22(23-3)25-16-6-8-27(9-7-16)17-10-18(28-4)12-19(11-17)29-5/h10-13,15-16H,6-9,14H2,1-5H3,(H2,23,24,25). The summed E-state index contributed by atoms with van der Waals surface area (Å²) in [6.45, 7) is 6.66. The van der Waals surface area contributed by atoms with E-state index in [4.69, 9.17) is 14.0 Å². The first-order valence-electron chi connectivity index (χ1n) is 10.4. The van der Waals surface area contributed by atoms with Crippen molar-refractivity contribution < 1.29 is 14.0 Å². The van der Waals surface area contributed by atoms with Gasteiger partial charge in [0.2, 0.25) is 0 Å². The minimum atomic E-state index is 0.356. The maximum absolute atomic E-state index is 5.40. The zero-order chi connectivity index (χ0) is 21.5. The Labute approximate surface area is 178 Å². The highest BCUT2D eigenvalue weighted by molar-refractivity contribution is 5.79. The van der Waals surface area contributed by atoms with Crippen molar-refractivity contribution in [2.45, 2.75) is 45.2 Å². The number of guanidine groups is 1. The lowest BCUT2D eigenvalue weighted by molar-refractivity contribution is 0.371. The van der Waals surface area contributed by atoms with Crippen molar-refractivity contribution in [3.63, 3.8) is 0 Å². The van der Waals surface area contributed by atoms with Crippen LogP contribution in [-0.2, 0) is 6.54 Å². The van der Waals surface area contributed by atoms with Gasteiger partial charge in [0, 0.05) is 56.1 Å². The number of benzene rings is 1. The van der Waals surface area contributed by atoms with Crippen LogP contribution in [-0.4, -0.2) is 51.5 Å². The van der Waals surface area contributed by atoms with Gasteiger partial charge in [0.25, 0.3) is 0 Å². The highest BCUT2D eigenvalue weighted by atomic mass is 16.5. The van der Waals surface area contributed by atoms with Crippen LogP contribution in [0, 0.1) is 0 Å². The first-order chi connectivity index (χ1) is 14.5. The number of hydrogen-bond acceptors (Lipinski definition) is 6. The van der Waals surface area contributed by atoms with Gasteiger partial charge in [-0.25, -0.2) is 0 Å². The van der Waals surface area contributed by atoms with Gasteiger partial charge in [-0.15, -0.1) is 0 Å². The highest BCUT2D eigenvalue weighted by Gasteiger charge is 2.21. The predicted molar refractivity (Wildman–Crippen MR) is 119 cm³/mol. The summed E-state index contributed by atoms with van der Waals surface area (Å²) in [6, 6.07) is 8.36. The number of methoxy groups -OCH3 is 2. The topological polar surface area (TPSA) is 84.2 Å². The molecule has 0 spiro atoms. The van der Waals surface area contributed by atoms with Gasteiger partial charge in [0.05, 0.1) is 26.5 Å². The molecule has 0 atom stereocenters. The average molecular weight is 416 g/mol. The third kappa shape index (κ3) is 5.58. The van der Waals surface area contributed by atoms with Crippen molar-refractivity contribution in [1.29, 1.82) is 0 Å². The number of anilines is 1. The Morgan fingerprint density at radius 3 is 2.37 bits per heavy atom. The van der Waals surface area contributed by atoms with E-state index in [1.807, 2.05) is 12.1 Å². The second-order valence-electron chi connectivity index (χ2n) is 7.78. The largest absolute Gasteiger partial charge is 0.497 e. The van der Waals surface area contributed by atoms with E-state index in [0.717, 1.165) is 60.5 Å². The van der Waals surface area contributed by atoms with Gasteiger partial charge >= 0.3 is 0 Å². The smallest absolute Gasteiger partial charge is 0.191 e. The Hall–Kier alpha value is -2.90. The maximum Gasteiger partial charge on any atom is 0.191 e. The number of hydrogen-bond donors (Lipinski definition) is 2. The first kappa shape index (κ1) is 21.8. The number of aliphatic imine (C=N–C) groups is 1. The van der Waals surface area contributed by atoms with E-state index >= 15 is 0 Å². The Morgan fingerprint density at radius 1 is 1.17 bits per heavy atom.